The topological polar surface area (TPSA) is 182 Å². The number of rotatable bonds is 14. The highest BCUT2D eigenvalue weighted by molar-refractivity contribution is 5.94. The molecular weight excluding hydrogens is 422 g/mol. The minimum absolute atomic E-state index is 0.243. The zero-order valence-electron chi connectivity index (χ0n) is 19.5. The lowest BCUT2D eigenvalue weighted by Gasteiger charge is -2.28. The Morgan fingerprint density at radius 2 is 1.12 bits per heavy atom. The maximum absolute atomic E-state index is 12.8. The highest BCUT2D eigenvalue weighted by atomic mass is 16.4. The summed E-state index contributed by atoms with van der Waals surface area (Å²) in [6.45, 7) is 10.5. The zero-order valence-corrected chi connectivity index (χ0v) is 19.5. The smallest absolute Gasteiger partial charge is 0.326 e. The van der Waals surface area contributed by atoms with Gasteiger partial charge in [-0.2, -0.15) is 0 Å². The van der Waals surface area contributed by atoms with Crippen molar-refractivity contribution in [3.05, 3.63) is 0 Å². The maximum Gasteiger partial charge on any atom is 0.326 e. The first-order chi connectivity index (χ1) is 14.7. The third kappa shape index (κ3) is 10.6. The van der Waals surface area contributed by atoms with Crippen molar-refractivity contribution in [2.24, 2.45) is 17.8 Å². The largest absolute Gasteiger partial charge is 0.481 e. The normalized spacial score (nSPS) is 15.1. The van der Waals surface area contributed by atoms with E-state index in [1.54, 1.807) is 27.7 Å². The summed E-state index contributed by atoms with van der Waals surface area (Å²) in [5, 5.41) is 35.1. The van der Waals surface area contributed by atoms with Gasteiger partial charge in [-0.1, -0.05) is 41.5 Å². The standard InChI is InChI=1S/C21H37N3O8/c1-10(2)7-8-14(25)18(28)23-17(12(5)6)20(30)24-16(11(3)4)19(29)22-13(21(31)32)9-15(26)27/h10-14,16-17,25H,7-9H2,1-6H3,(H,22,29)(H,23,28)(H,24,30)(H,26,27)(H,31,32)/t13-,14?,16-,17-/m0/s1. The number of carbonyl (C=O) groups excluding carboxylic acids is 3. The molecule has 11 heteroatoms. The number of aliphatic carboxylic acids is 2. The van der Waals surface area contributed by atoms with Crippen LogP contribution in [-0.2, 0) is 24.0 Å². The lowest BCUT2D eigenvalue weighted by molar-refractivity contribution is -0.147. The van der Waals surface area contributed by atoms with Crippen LogP contribution in [0.5, 0.6) is 0 Å². The van der Waals surface area contributed by atoms with E-state index in [0.29, 0.717) is 12.3 Å². The molecule has 3 amide bonds. The van der Waals surface area contributed by atoms with Crippen LogP contribution in [0.1, 0.15) is 60.8 Å². The number of hydrogen-bond acceptors (Lipinski definition) is 6. The first kappa shape index (κ1) is 29.3. The van der Waals surface area contributed by atoms with Crippen LogP contribution >= 0.6 is 0 Å². The Kier molecular flexibility index (Phi) is 12.5. The lowest BCUT2D eigenvalue weighted by Crippen LogP contribution is -2.59. The van der Waals surface area contributed by atoms with Crippen molar-refractivity contribution in [1.82, 2.24) is 16.0 Å². The fourth-order valence-corrected chi connectivity index (χ4v) is 2.82. The van der Waals surface area contributed by atoms with Gasteiger partial charge in [0.25, 0.3) is 0 Å². The Bertz CT molecular complexity index is 678. The molecule has 0 aliphatic carbocycles. The van der Waals surface area contributed by atoms with Crippen LogP contribution in [0.2, 0.25) is 0 Å². The summed E-state index contributed by atoms with van der Waals surface area (Å²) in [6, 6.07) is -3.86. The molecule has 0 aliphatic rings. The zero-order chi connectivity index (χ0) is 25.2. The molecule has 0 bridgehead atoms. The average molecular weight is 460 g/mol. The van der Waals surface area contributed by atoms with Gasteiger partial charge < -0.3 is 31.3 Å². The van der Waals surface area contributed by atoms with Crippen LogP contribution in [0.25, 0.3) is 0 Å². The summed E-state index contributed by atoms with van der Waals surface area (Å²) in [5.74, 6) is -5.68. The van der Waals surface area contributed by atoms with E-state index in [1.807, 2.05) is 13.8 Å². The van der Waals surface area contributed by atoms with Crippen LogP contribution in [0.4, 0.5) is 0 Å². The van der Waals surface area contributed by atoms with Crippen LogP contribution < -0.4 is 16.0 Å². The Balaban J connectivity index is 5.32. The molecule has 0 radical (unpaired) electrons. The first-order valence-electron chi connectivity index (χ1n) is 10.7. The van der Waals surface area contributed by atoms with E-state index in [2.05, 4.69) is 16.0 Å². The molecule has 0 aromatic heterocycles. The monoisotopic (exact) mass is 459 g/mol. The van der Waals surface area contributed by atoms with Gasteiger partial charge in [0.05, 0.1) is 6.42 Å². The number of carbonyl (C=O) groups is 5. The molecule has 0 aromatic carbocycles. The SMILES string of the molecule is CC(C)CCC(O)C(=O)N[C@H](C(=O)N[C@H](C(=O)N[C@@H](CC(=O)O)C(=O)O)C(C)C)C(C)C. The average Bonchev–Trinajstić information content (AvgIpc) is 2.66. The van der Waals surface area contributed by atoms with Crippen molar-refractivity contribution in [2.75, 3.05) is 0 Å². The molecule has 0 fully saturated rings. The summed E-state index contributed by atoms with van der Waals surface area (Å²) >= 11 is 0. The number of aliphatic hydroxyl groups excluding tert-OH is 1. The van der Waals surface area contributed by atoms with Gasteiger partial charge in [0.1, 0.15) is 24.2 Å². The van der Waals surface area contributed by atoms with Crippen molar-refractivity contribution < 1.29 is 39.3 Å². The van der Waals surface area contributed by atoms with Crippen LogP contribution in [0, 0.1) is 17.8 Å². The van der Waals surface area contributed by atoms with E-state index in [9.17, 15) is 29.1 Å². The molecule has 32 heavy (non-hydrogen) atoms. The summed E-state index contributed by atoms with van der Waals surface area (Å²) in [5.41, 5.74) is 0. The number of amides is 3. The first-order valence-corrected chi connectivity index (χ1v) is 10.7. The maximum atomic E-state index is 12.8. The van der Waals surface area contributed by atoms with Gasteiger partial charge >= 0.3 is 11.9 Å². The number of aliphatic hydroxyl groups is 1. The summed E-state index contributed by atoms with van der Waals surface area (Å²) < 4.78 is 0. The number of nitrogens with one attached hydrogen (secondary N) is 3. The van der Waals surface area contributed by atoms with Crippen molar-refractivity contribution in [1.29, 1.82) is 0 Å². The van der Waals surface area contributed by atoms with E-state index in [1.165, 1.54) is 0 Å². The van der Waals surface area contributed by atoms with E-state index in [-0.39, 0.29) is 12.3 Å². The molecule has 0 rings (SSSR count). The fraction of sp³-hybridized carbons (Fsp3) is 0.762. The van der Waals surface area contributed by atoms with Crippen LogP contribution in [0.3, 0.4) is 0 Å². The molecule has 0 heterocycles. The highest BCUT2D eigenvalue weighted by Crippen LogP contribution is 2.10. The van der Waals surface area contributed by atoms with Crippen molar-refractivity contribution in [3.63, 3.8) is 0 Å². The number of carboxylic acid groups (broad SMARTS) is 2. The molecule has 0 spiro atoms. The van der Waals surface area contributed by atoms with E-state index in [0.717, 1.165) is 0 Å². The molecule has 0 saturated carbocycles. The second-order valence-corrected chi connectivity index (χ2v) is 8.94. The van der Waals surface area contributed by atoms with Gasteiger partial charge in [-0.05, 0) is 30.6 Å². The molecule has 4 atom stereocenters. The van der Waals surface area contributed by atoms with Gasteiger partial charge in [-0.15, -0.1) is 0 Å². The molecule has 11 nitrogen and oxygen atoms in total. The molecule has 0 aromatic rings. The molecular formula is C21H37N3O8. The van der Waals surface area contributed by atoms with Crippen molar-refractivity contribution in [3.8, 4) is 0 Å². The predicted octanol–water partition coefficient (Wildman–Crippen LogP) is 0.109. The third-order valence-electron chi connectivity index (χ3n) is 4.81. The van der Waals surface area contributed by atoms with Crippen LogP contribution in [0.15, 0.2) is 0 Å². The molecule has 6 N–H and O–H groups in total. The fourth-order valence-electron chi connectivity index (χ4n) is 2.82. The minimum atomic E-state index is -1.66. The van der Waals surface area contributed by atoms with Crippen molar-refractivity contribution >= 4 is 29.7 Å². The molecule has 0 saturated heterocycles. The van der Waals surface area contributed by atoms with Crippen LogP contribution in [-0.4, -0.2) is 69.2 Å². The third-order valence-corrected chi connectivity index (χ3v) is 4.81. The van der Waals surface area contributed by atoms with Gasteiger partial charge in [-0.3, -0.25) is 19.2 Å². The van der Waals surface area contributed by atoms with Crippen molar-refractivity contribution in [2.45, 2.75) is 85.0 Å². The quantitative estimate of drug-likeness (QED) is 0.211. The van der Waals surface area contributed by atoms with Gasteiger partial charge in [-0.25, -0.2) is 4.79 Å². The van der Waals surface area contributed by atoms with Gasteiger partial charge in [0.2, 0.25) is 17.7 Å². The molecule has 1 unspecified atom stereocenters. The number of hydrogen-bond donors (Lipinski definition) is 6. The second-order valence-electron chi connectivity index (χ2n) is 8.94. The highest BCUT2D eigenvalue weighted by Gasteiger charge is 2.33. The molecule has 184 valence electrons. The van der Waals surface area contributed by atoms with E-state index < -0.39 is 66.2 Å². The summed E-state index contributed by atoms with van der Waals surface area (Å²) in [7, 11) is 0. The number of carboxylic acids is 2. The Hall–Kier alpha value is -2.69. The summed E-state index contributed by atoms with van der Waals surface area (Å²) in [4.78, 5) is 59.8. The predicted molar refractivity (Wildman–Crippen MR) is 115 cm³/mol. The lowest BCUT2D eigenvalue weighted by atomic mass is 9.98. The Morgan fingerprint density at radius 3 is 1.50 bits per heavy atom. The van der Waals surface area contributed by atoms with Gasteiger partial charge in [0, 0.05) is 0 Å². The Morgan fingerprint density at radius 1 is 0.688 bits per heavy atom. The second kappa shape index (κ2) is 13.7. The molecule has 0 aliphatic heterocycles. The van der Waals surface area contributed by atoms with Gasteiger partial charge in [0.15, 0.2) is 0 Å². The van der Waals surface area contributed by atoms with E-state index >= 15 is 0 Å². The minimum Gasteiger partial charge on any atom is -0.481 e. The van der Waals surface area contributed by atoms with E-state index in [4.69, 9.17) is 10.2 Å². The summed E-state index contributed by atoms with van der Waals surface area (Å²) in [6.07, 6.45) is -1.22. The Labute approximate surface area is 188 Å².